The van der Waals surface area contributed by atoms with Gasteiger partial charge in [-0.3, -0.25) is 0 Å². The summed E-state index contributed by atoms with van der Waals surface area (Å²) in [5.41, 5.74) is 2.25. The zero-order valence-electron chi connectivity index (χ0n) is 11.6. The number of halogens is 1. The van der Waals surface area contributed by atoms with Gasteiger partial charge in [0, 0.05) is 10.1 Å². The van der Waals surface area contributed by atoms with E-state index in [9.17, 15) is 4.79 Å². The van der Waals surface area contributed by atoms with Gasteiger partial charge in [0.05, 0.1) is 5.02 Å². The van der Waals surface area contributed by atoms with Crippen LogP contribution in [0.2, 0.25) is 5.02 Å². The third kappa shape index (κ3) is 2.67. The van der Waals surface area contributed by atoms with E-state index in [-0.39, 0.29) is 0 Å². The number of ether oxygens (including phenoxy) is 1. The van der Waals surface area contributed by atoms with Crippen molar-refractivity contribution in [3.05, 3.63) is 63.5 Å². The number of hydrogen-bond donors (Lipinski definition) is 0. The van der Waals surface area contributed by atoms with E-state index in [1.54, 1.807) is 6.07 Å². The lowest BCUT2D eigenvalue weighted by atomic mass is 10.1. The second kappa shape index (κ2) is 5.51. The van der Waals surface area contributed by atoms with Crippen LogP contribution >= 0.6 is 22.9 Å². The molecule has 0 spiro atoms. The molecule has 1 aromatic heterocycles. The number of thiophene rings is 1. The van der Waals surface area contributed by atoms with Gasteiger partial charge in [-0.1, -0.05) is 35.9 Å². The topological polar surface area (TPSA) is 26.3 Å². The molecule has 0 aliphatic rings. The number of benzene rings is 2. The highest BCUT2D eigenvalue weighted by Gasteiger charge is 2.18. The lowest BCUT2D eigenvalue weighted by molar-refractivity contribution is 0.0740. The Labute approximate surface area is 131 Å². The molecular weight excluding hydrogens is 304 g/mol. The molecule has 0 fully saturated rings. The maximum atomic E-state index is 12.3. The molecule has 3 rings (SSSR count). The zero-order chi connectivity index (χ0) is 15.0. The standard InChI is InChI=1S/C17H13ClO2S/c1-10-7-8-12(9-11(10)2)20-17(19)16-15(18)13-5-3-4-6-14(13)21-16/h3-9H,1-2H3. The second-order valence-electron chi connectivity index (χ2n) is 4.88. The molecular formula is C17H13ClO2S. The molecule has 0 N–H and O–H groups in total. The fourth-order valence-electron chi connectivity index (χ4n) is 2.08. The number of fused-ring (bicyclic) bond motifs is 1. The molecule has 0 bridgehead atoms. The van der Waals surface area contributed by atoms with Gasteiger partial charge in [-0.05, 0) is 43.2 Å². The molecule has 2 aromatic carbocycles. The van der Waals surface area contributed by atoms with E-state index < -0.39 is 5.97 Å². The highest BCUT2D eigenvalue weighted by atomic mass is 35.5. The summed E-state index contributed by atoms with van der Waals surface area (Å²) in [6.45, 7) is 4.00. The van der Waals surface area contributed by atoms with Gasteiger partial charge in [-0.15, -0.1) is 11.3 Å². The first-order valence-corrected chi connectivity index (χ1v) is 7.72. The van der Waals surface area contributed by atoms with Crippen molar-refractivity contribution in [1.29, 1.82) is 0 Å². The quantitative estimate of drug-likeness (QED) is 0.468. The second-order valence-corrected chi connectivity index (χ2v) is 6.31. The van der Waals surface area contributed by atoms with Gasteiger partial charge in [0.25, 0.3) is 0 Å². The third-order valence-electron chi connectivity index (χ3n) is 3.41. The minimum Gasteiger partial charge on any atom is -0.422 e. The molecule has 3 aromatic rings. The molecule has 0 aliphatic carbocycles. The Hall–Kier alpha value is -1.84. The van der Waals surface area contributed by atoms with Gasteiger partial charge in [0.15, 0.2) is 0 Å². The van der Waals surface area contributed by atoms with Gasteiger partial charge < -0.3 is 4.74 Å². The van der Waals surface area contributed by atoms with E-state index in [0.29, 0.717) is 15.6 Å². The average Bonchev–Trinajstić information content (AvgIpc) is 2.81. The zero-order valence-corrected chi connectivity index (χ0v) is 13.2. The summed E-state index contributed by atoms with van der Waals surface area (Å²) in [7, 11) is 0. The molecule has 0 radical (unpaired) electrons. The largest absolute Gasteiger partial charge is 0.422 e. The molecule has 0 unspecified atom stereocenters. The van der Waals surface area contributed by atoms with Crippen LogP contribution in [-0.2, 0) is 0 Å². The molecule has 1 heterocycles. The van der Waals surface area contributed by atoms with Crippen molar-refractivity contribution in [3.63, 3.8) is 0 Å². The minimum atomic E-state index is -0.413. The number of hydrogen-bond acceptors (Lipinski definition) is 3. The van der Waals surface area contributed by atoms with Crippen molar-refractivity contribution in [2.45, 2.75) is 13.8 Å². The van der Waals surface area contributed by atoms with Crippen LogP contribution in [0.25, 0.3) is 10.1 Å². The first kappa shape index (κ1) is 14.1. The molecule has 4 heteroatoms. The number of rotatable bonds is 2. The van der Waals surface area contributed by atoms with Crippen molar-refractivity contribution in [3.8, 4) is 5.75 Å². The first-order valence-electron chi connectivity index (χ1n) is 6.52. The Balaban J connectivity index is 1.93. The van der Waals surface area contributed by atoms with Crippen molar-refractivity contribution >= 4 is 39.0 Å². The van der Waals surface area contributed by atoms with Crippen LogP contribution < -0.4 is 4.74 Å². The summed E-state index contributed by atoms with van der Waals surface area (Å²) in [5, 5.41) is 1.35. The Morgan fingerprint density at radius 2 is 1.86 bits per heavy atom. The molecule has 0 amide bonds. The molecule has 0 saturated carbocycles. The van der Waals surface area contributed by atoms with Crippen molar-refractivity contribution in [1.82, 2.24) is 0 Å². The van der Waals surface area contributed by atoms with E-state index in [0.717, 1.165) is 21.2 Å². The molecule has 0 atom stereocenters. The molecule has 0 saturated heterocycles. The van der Waals surface area contributed by atoms with E-state index >= 15 is 0 Å². The average molecular weight is 317 g/mol. The fraction of sp³-hybridized carbons (Fsp3) is 0.118. The highest BCUT2D eigenvalue weighted by Crippen LogP contribution is 2.35. The van der Waals surface area contributed by atoms with Gasteiger partial charge in [-0.25, -0.2) is 4.79 Å². The van der Waals surface area contributed by atoms with Crippen LogP contribution in [0.4, 0.5) is 0 Å². The summed E-state index contributed by atoms with van der Waals surface area (Å²) < 4.78 is 6.41. The van der Waals surface area contributed by atoms with Gasteiger partial charge in [-0.2, -0.15) is 0 Å². The summed E-state index contributed by atoms with van der Waals surface area (Å²) in [5.74, 6) is 0.126. The van der Waals surface area contributed by atoms with Gasteiger partial charge in [0.2, 0.25) is 0 Å². The SMILES string of the molecule is Cc1ccc(OC(=O)c2sc3ccccc3c2Cl)cc1C. The van der Waals surface area contributed by atoms with Crippen LogP contribution in [0.15, 0.2) is 42.5 Å². The maximum Gasteiger partial charge on any atom is 0.355 e. The Morgan fingerprint density at radius 1 is 1.10 bits per heavy atom. The molecule has 2 nitrogen and oxygen atoms in total. The Bertz CT molecular complexity index is 836. The number of aryl methyl sites for hydroxylation is 2. The van der Waals surface area contributed by atoms with Crippen LogP contribution in [0.5, 0.6) is 5.75 Å². The van der Waals surface area contributed by atoms with Gasteiger partial charge >= 0.3 is 5.97 Å². The van der Waals surface area contributed by atoms with Gasteiger partial charge in [0.1, 0.15) is 10.6 Å². The number of esters is 1. The van der Waals surface area contributed by atoms with E-state index in [4.69, 9.17) is 16.3 Å². The number of carbonyl (C=O) groups is 1. The van der Waals surface area contributed by atoms with E-state index in [1.807, 2.05) is 50.2 Å². The Morgan fingerprint density at radius 3 is 2.57 bits per heavy atom. The van der Waals surface area contributed by atoms with E-state index in [2.05, 4.69) is 0 Å². The molecule has 21 heavy (non-hydrogen) atoms. The molecule has 0 aliphatic heterocycles. The van der Waals surface area contributed by atoms with Crippen LogP contribution in [0.1, 0.15) is 20.8 Å². The normalized spacial score (nSPS) is 10.8. The van der Waals surface area contributed by atoms with Crippen LogP contribution in [0, 0.1) is 13.8 Å². The summed E-state index contributed by atoms with van der Waals surface area (Å²) in [6.07, 6.45) is 0. The lowest BCUT2D eigenvalue weighted by Crippen LogP contribution is -2.07. The fourth-order valence-corrected chi connectivity index (χ4v) is 3.46. The summed E-state index contributed by atoms with van der Waals surface area (Å²) in [6, 6.07) is 13.3. The van der Waals surface area contributed by atoms with Crippen LogP contribution in [-0.4, -0.2) is 5.97 Å². The molecule has 106 valence electrons. The lowest BCUT2D eigenvalue weighted by Gasteiger charge is -2.05. The predicted octanol–water partition coefficient (Wildman–Crippen LogP) is 5.39. The monoisotopic (exact) mass is 316 g/mol. The summed E-state index contributed by atoms with van der Waals surface area (Å²) in [4.78, 5) is 12.7. The highest BCUT2D eigenvalue weighted by molar-refractivity contribution is 7.21. The predicted molar refractivity (Wildman–Crippen MR) is 87.7 cm³/mol. The maximum absolute atomic E-state index is 12.3. The summed E-state index contributed by atoms with van der Waals surface area (Å²) >= 11 is 7.64. The van der Waals surface area contributed by atoms with Crippen LogP contribution in [0.3, 0.4) is 0 Å². The smallest absolute Gasteiger partial charge is 0.355 e. The number of carbonyl (C=O) groups excluding carboxylic acids is 1. The third-order valence-corrected chi connectivity index (χ3v) is 5.06. The van der Waals surface area contributed by atoms with E-state index in [1.165, 1.54) is 11.3 Å². The van der Waals surface area contributed by atoms with Crippen molar-refractivity contribution in [2.24, 2.45) is 0 Å². The van der Waals surface area contributed by atoms with Crippen molar-refractivity contribution in [2.75, 3.05) is 0 Å². The first-order chi connectivity index (χ1) is 10.1. The van der Waals surface area contributed by atoms with Crippen molar-refractivity contribution < 1.29 is 9.53 Å². The Kier molecular flexibility index (Phi) is 3.70. The minimum absolute atomic E-state index is 0.413.